The average molecular weight is 290 g/mol. The Morgan fingerprint density at radius 2 is 2.06 bits per heavy atom. The second kappa shape index (κ2) is 5.21. The van der Waals surface area contributed by atoms with Crippen LogP contribution >= 0.6 is 22.9 Å². The van der Waals surface area contributed by atoms with Gasteiger partial charge in [-0.3, -0.25) is 14.9 Å². The van der Waals surface area contributed by atoms with Crippen LogP contribution in [0.3, 0.4) is 0 Å². The highest BCUT2D eigenvalue weighted by atomic mass is 35.5. The number of halogens is 1. The van der Waals surface area contributed by atoms with Crippen LogP contribution in [0.5, 0.6) is 0 Å². The molecule has 2 heterocycles. The average Bonchev–Trinajstić information content (AvgIpc) is 2.71. The molecule has 1 aliphatic heterocycles. The van der Waals surface area contributed by atoms with E-state index in [0.717, 1.165) is 24.4 Å². The monoisotopic (exact) mass is 289 g/mol. The van der Waals surface area contributed by atoms with E-state index in [1.54, 1.807) is 4.90 Å². The molecule has 0 N–H and O–H groups in total. The number of piperazine rings is 1. The molecule has 1 saturated heterocycles. The molecule has 0 saturated carbocycles. The lowest BCUT2D eigenvalue weighted by Gasteiger charge is -2.32. The van der Waals surface area contributed by atoms with Crippen molar-refractivity contribution in [2.75, 3.05) is 33.2 Å². The summed E-state index contributed by atoms with van der Waals surface area (Å²) < 4.78 is 0.0532. The van der Waals surface area contributed by atoms with Gasteiger partial charge in [0.15, 0.2) is 4.34 Å². The summed E-state index contributed by atoms with van der Waals surface area (Å²) in [6.07, 6.45) is 0. The zero-order valence-corrected chi connectivity index (χ0v) is 11.3. The summed E-state index contributed by atoms with van der Waals surface area (Å²) in [4.78, 5) is 26.4. The van der Waals surface area contributed by atoms with Crippen LogP contribution in [0.15, 0.2) is 6.07 Å². The highest BCUT2D eigenvalue weighted by Crippen LogP contribution is 2.34. The van der Waals surface area contributed by atoms with Gasteiger partial charge in [0.1, 0.15) is 4.88 Å². The maximum Gasteiger partial charge on any atom is 0.299 e. The van der Waals surface area contributed by atoms with Gasteiger partial charge in [0.25, 0.3) is 11.6 Å². The number of nitrogens with zero attached hydrogens (tertiary/aromatic N) is 3. The van der Waals surface area contributed by atoms with Crippen molar-refractivity contribution in [1.29, 1.82) is 0 Å². The first kappa shape index (κ1) is 13.3. The Bertz CT molecular complexity index is 483. The zero-order valence-electron chi connectivity index (χ0n) is 9.76. The topological polar surface area (TPSA) is 66.7 Å². The molecule has 0 radical (unpaired) electrons. The van der Waals surface area contributed by atoms with Gasteiger partial charge in [0, 0.05) is 32.2 Å². The van der Waals surface area contributed by atoms with Crippen LogP contribution in [0.2, 0.25) is 4.34 Å². The number of rotatable bonds is 2. The SMILES string of the molecule is CN1CCN(C(=O)c2cc([N+](=O)[O-])c(Cl)s2)CC1. The smallest absolute Gasteiger partial charge is 0.299 e. The standard InChI is InChI=1S/C10H12ClN3O3S/c1-12-2-4-13(5-3-12)10(15)8-6-7(14(16)17)9(11)18-8/h6H,2-5H2,1H3. The molecular formula is C10H12ClN3O3S. The summed E-state index contributed by atoms with van der Waals surface area (Å²) in [5, 5.41) is 10.7. The number of hydrogen-bond acceptors (Lipinski definition) is 5. The number of amides is 1. The Labute approximate surface area is 113 Å². The lowest BCUT2D eigenvalue weighted by atomic mass is 10.3. The van der Waals surface area contributed by atoms with Crippen molar-refractivity contribution in [2.24, 2.45) is 0 Å². The van der Waals surface area contributed by atoms with Crippen LogP contribution in [-0.4, -0.2) is 53.9 Å². The number of carbonyl (C=O) groups excluding carboxylic acids is 1. The molecule has 6 nitrogen and oxygen atoms in total. The third-order valence-corrected chi connectivity index (χ3v) is 4.19. The molecule has 1 aromatic rings. The van der Waals surface area contributed by atoms with Gasteiger partial charge in [-0.15, -0.1) is 11.3 Å². The first-order valence-electron chi connectivity index (χ1n) is 5.40. The van der Waals surface area contributed by atoms with E-state index in [9.17, 15) is 14.9 Å². The molecule has 2 rings (SSSR count). The van der Waals surface area contributed by atoms with Gasteiger partial charge < -0.3 is 9.80 Å². The maximum absolute atomic E-state index is 12.1. The van der Waals surface area contributed by atoms with Gasteiger partial charge in [0.2, 0.25) is 0 Å². The minimum Gasteiger partial charge on any atom is -0.335 e. The molecular weight excluding hydrogens is 278 g/mol. The van der Waals surface area contributed by atoms with E-state index < -0.39 is 4.92 Å². The van der Waals surface area contributed by atoms with Crippen LogP contribution in [0.4, 0.5) is 5.69 Å². The largest absolute Gasteiger partial charge is 0.335 e. The van der Waals surface area contributed by atoms with Crippen LogP contribution < -0.4 is 0 Å². The quantitative estimate of drug-likeness (QED) is 0.614. The fraction of sp³-hybridized carbons (Fsp3) is 0.500. The van der Waals surface area contributed by atoms with Crippen molar-refractivity contribution in [2.45, 2.75) is 0 Å². The third-order valence-electron chi connectivity index (χ3n) is 2.87. The van der Waals surface area contributed by atoms with Gasteiger partial charge in [0.05, 0.1) is 4.92 Å². The molecule has 8 heteroatoms. The van der Waals surface area contributed by atoms with E-state index in [2.05, 4.69) is 4.90 Å². The number of thiophene rings is 1. The number of carbonyl (C=O) groups is 1. The van der Waals surface area contributed by atoms with Crippen molar-refractivity contribution >= 4 is 34.5 Å². The molecule has 1 aliphatic rings. The molecule has 0 aromatic carbocycles. The van der Waals surface area contributed by atoms with Crippen LogP contribution in [0, 0.1) is 10.1 Å². The first-order chi connectivity index (χ1) is 8.49. The predicted molar refractivity (Wildman–Crippen MR) is 69.4 cm³/mol. The lowest BCUT2D eigenvalue weighted by Crippen LogP contribution is -2.46. The predicted octanol–water partition coefficient (Wildman–Crippen LogP) is 1.70. The fourth-order valence-electron chi connectivity index (χ4n) is 1.75. The Hall–Kier alpha value is -1.18. The Morgan fingerprint density at radius 1 is 1.44 bits per heavy atom. The number of nitro groups is 1. The van der Waals surface area contributed by atoms with Crippen molar-refractivity contribution in [3.63, 3.8) is 0 Å². The van der Waals surface area contributed by atoms with E-state index in [0.29, 0.717) is 18.0 Å². The van der Waals surface area contributed by atoms with Crippen molar-refractivity contribution in [1.82, 2.24) is 9.80 Å². The summed E-state index contributed by atoms with van der Waals surface area (Å²) in [6, 6.07) is 1.26. The Morgan fingerprint density at radius 3 is 2.56 bits per heavy atom. The Kier molecular flexibility index (Phi) is 3.84. The van der Waals surface area contributed by atoms with Crippen LogP contribution in [0.1, 0.15) is 9.67 Å². The first-order valence-corrected chi connectivity index (χ1v) is 6.60. The van der Waals surface area contributed by atoms with Gasteiger partial charge >= 0.3 is 0 Å². The van der Waals surface area contributed by atoms with Crippen molar-refractivity contribution in [3.8, 4) is 0 Å². The van der Waals surface area contributed by atoms with Gasteiger partial charge in [-0.25, -0.2) is 0 Å². The van der Waals surface area contributed by atoms with Gasteiger partial charge in [-0.2, -0.15) is 0 Å². The van der Waals surface area contributed by atoms with E-state index in [1.807, 2.05) is 7.05 Å². The Balaban J connectivity index is 2.14. The summed E-state index contributed by atoms with van der Waals surface area (Å²) in [5.74, 6) is -0.178. The van der Waals surface area contributed by atoms with Crippen molar-refractivity contribution in [3.05, 3.63) is 25.4 Å². The molecule has 0 unspecified atom stereocenters. The van der Waals surface area contributed by atoms with E-state index in [-0.39, 0.29) is 15.9 Å². The normalized spacial score (nSPS) is 16.9. The van der Waals surface area contributed by atoms with E-state index in [1.165, 1.54) is 6.07 Å². The molecule has 18 heavy (non-hydrogen) atoms. The van der Waals surface area contributed by atoms with Gasteiger partial charge in [-0.1, -0.05) is 11.6 Å². The molecule has 0 atom stereocenters. The maximum atomic E-state index is 12.1. The molecule has 0 aliphatic carbocycles. The summed E-state index contributed by atoms with van der Waals surface area (Å²) in [6.45, 7) is 2.90. The second-order valence-corrected chi connectivity index (χ2v) is 5.78. The highest BCUT2D eigenvalue weighted by Gasteiger charge is 2.26. The van der Waals surface area contributed by atoms with Crippen LogP contribution in [-0.2, 0) is 0 Å². The van der Waals surface area contributed by atoms with Crippen molar-refractivity contribution < 1.29 is 9.72 Å². The molecule has 98 valence electrons. The van der Waals surface area contributed by atoms with E-state index in [4.69, 9.17) is 11.6 Å². The molecule has 1 amide bonds. The molecule has 1 fully saturated rings. The van der Waals surface area contributed by atoms with E-state index >= 15 is 0 Å². The summed E-state index contributed by atoms with van der Waals surface area (Å²) in [5.41, 5.74) is -0.195. The number of hydrogen-bond donors (Lipinski definition) is 0. The fourth-order valence-corrected chi connectivity index (χ4v) is 2.95. The molecule has 1 aromatic heterocycles. The highest BCUT2D eigenvalue weighted by molar-refractivity contribution is 7.18. The lowest BCUT2D eigenvalue weighted by molar-refractivity contribution is -0.384. The van der Waals surface area contributed by atoms with Crippen LogP contribution in [0.25, 0.3) is 0 Å². The number of likely N-dealkylation sites (N-methyl/N-ethyl adjacent to an activating group) is 1. The molecule has 0 bridgehead atoms. The zero-order chi connectivity index (χ0) is 13.3. The molecule has 0 spiro atoms. The third kappa shape index (κ3) is 2.63. The minimum absolute atomic E-state index is 0.0532. The minimum atomic E-state index is -0.570. The summed E-state index contributed by atoms with van der Waals surface area (Å²) in [7, 11) is 1.99. The van der Waals surface area contributed by atoms with Gasteiger partial charge in [-0.05, 0) is 7.05 Å². The summed E-state index contributed by atoms with van der Waals surface area (Å²) >= 11 is 6.71. The second-order valence-electron chi connectivity index (χ2n) is 4.12.